The molecule has 6 rings (SSSR count). The SMILES string of the molecule is Nc1nc(N)[nH+]c(N)n1.Nc1nc(N)nc(Nc2[nH+]c(N)nc(N)[nH+]2)n1.Nc1nc2[n+]3c([nH+]c(N)nc3n1)NC([NH3+])N2. The van der Waals surface area contributed by atoms with Crippen LogP contribution in [0.15, 0.2) is 0 Å². The maximum Gasteiger partial charge on any atom is 0.434 e. The van der Waals surface area contributed by atoms with Crippen LogP contribution >= 0.6 is 0 Å². The van der Waals surface area contributed by atoms with E-state index in [1.54, 1.807) is 4.40 Å². The molecule has 0 saturated carbocycles. The molecule has 0 amide bonds. The summed E-state index contributed by atoms with van der Waals surface area (Å²) in [6.07, 6.45) is -0.240. The zero-order valence-corrected chi connectivity index (χ0v) is 21.5. The van der Waals surface area contributed by atoms with Gasteiger partial charge in [0, 0.05) is 4.98 Å². The van der Waals surface area contributed by atoms with Gasteiger partial charge in [-0.25, -0.2) is 20.6 Å². The highest BCUT2D eigenvalue weighted by Gasteiger charge is 2.33. The number of hydrogen-bond donors (Lipinski definition) is 13. The molecule has 0 radical (unpaired) electrons. The predicted molar refractivity (Wildman–Crippen MR) is 142 cm³/mol. The third-order valence-corrected chi connectivity index (χ3v) is 4.53. The first-order valence-corrected chi connectivity index (χ1v) is 11.3. The maximum absolute atomic E-state index is 5.61. The van der Waals surface area contributed by atoms with Crippen molar-refractivity contribution in [1.82, 2.24) is 44.9 Å². The second-order valence-corrected chi connectivity index (χ2v) is 7.84. The van der Waals surface area contributed by atoms with Crippen molar-refractivity contribution in [2.45, 2.75) is 6.29 Å². The summed E-state index contributed by atoms with van der Waals surface area (Å²) < 4.78 is 1.63. The average Bonchev–Trinajstić information content (AvgIpc) is 2.81. The van der Waals surface area contributed by atoms with E-state index in [2.05, 4.69) is 86.5 Å². The fourth-order valence-electron chi connectivity index (χ4n) is 3.15. The number of quaternary nitrogens is 1. The van der Waals surface area contributed by atoms with Gasteiger partial charge in [-0.2, -0.15) is 30.2 Å². The van der Waals surface area contributed by atoms with Crippen LogP contribution in [0.25, 0.3) is 5.78 Å². The molecule has 0 spiro atoms. The van der Waals surface area contributed by atoms with Crippen LogP contribution in [0.1, 0.15) is 0 Å². The zero-order chi connectivity index (χ0) is 30.6. The van der Waals surface area contributed by atoms with Gasteiger partial charge < -0.3 is 45.9 Å². The number of hydrogen-bond acceptors (Lipinski definition) is 21. The minimum atomic E-state index is -0.240. The van der Waals surface area contributed by atoms with Gasteiger partial charge in [0.2, 0.25) is 11.9 Å². The van der Waals surface area contributed by atoms with Gasteiger partial charge in [-0.15, -0.1) is 0 Å². The number of nitrogens with zero attached hydrogens (tertiary/aromatic N) is 10. The van der Waals surface area contributed by atoms with E-state index in [0.717, 1.165) is 0 Å². The first kappa shape index (κ1) is 28.0. The Morgan fingerprint density at radius 3 is 1.69 bits per heavy atom. The minimum absolute atomic E-state index is 0.00463. The topological polar surface area (TPSA) is 475 Å². The molecule has 1 aliphatic rings. The van der Waals surface area contributed by atoms with Crippen molar-refractivity contribution in [1.29, 1.82) is 0 Å². The number of nitrogens with one attached hydrogen (secondary N) is 7. The van der Waals surface area contributed by atoms with Crippen LogP contribution in [0.5, 0.6) is 0 Å². The zero-order valence-electron chi connectivity index (χ0n) is 21.5. The molecule has 1 aliphatic heterocycles. The lowest BCUT2D eigenvalue weighted by molar-refractivity contribution is -0.581. The van der Waals surface area contributed by atoms with Crippen molar-refractivity contribution in [2.24, 2.45) is 0 Å². The molecule has 6 heterocycles. The summed E-state index contributed by atoms with van der Waals surface area (Å²) in [5.41, 5.74) is 52.3. The number of aromatic nitrogens is 14. The molecule has 28 N–H and O–H groups in total. The summed E-state index contributed by atoms with van der Waals surface area (Å²) in [6.45, 7) is 0. The first-order chi connectivity index (χ1) is 19.8. The molecule has 1 atom stereocenters. The predicted octanol–water partition coefficient (Wildman–Crippen LogP) is -9.04. The molecule has 0 saturated heterocycles. The van der Waals surface area contributed by atoms with E-state index < -0.39 is 0 Å². The van der Waals surface area contributed by atoms with Gasteiger partial charge in [-0.05, 0) is 15.0 Å². The fourth-order valence-corrected chi connectivity index (χ4v) is 3.15. The second kappa shape index (κ2) is 11.4. The van der Waals surface area contributed by atoms with E-state index in [1.807, 2.05) is 0 Å². The molecule has 1 unspecified atom stereocenters. The van der Waals surface area contributed by atoms with Gasteiger partial charge in [0.15, 0.2) is 0 Å². The quantitative estimate of drug-likeness (QED) is 0.0852. The van der Waals surface area contributed by atoms with E-state index in [1.165, 1.54) is 0 Å². The van der Waals surface area contributed by atoms with Gasteiger partial charge >= 0.3 is 77.5 Å². The summed E-state index contributed by atoms with van der Waals surface area (Å²) in [5.74, 6) is 2.97. The van der Waals surface area contributed by atoms with Crippen molar-refractivity contribution in [3.63, 3.8) is 0 Å². The van der Waals surface area contributed by atoms with Crippen LogP contribution in [0.2, 0.25) is 0 Å². The van der Waals surface area contributed by atoms with Crippen LogP contribution in [-0.2, 0) is 0 Å². The molecule has 5 aromatic heterocycles. The fraction of sp³-hybridized carbons (Fsp3) is 0.0667. The Hall–Kier alpha value is -7.06. The van der Waals surface area contributed by atoms with E-state index in [-0.39, 0.29) is 65.8 Å². The molecular formula is C15H29N27+6. The maximum atomic E-state index is 5.61. The second-order valence-electron chi connectivity index (χ2n) is 7.84. The normalized spacial score (nSPS) is 12.9. The third kappa shape index (κ3) is 7.07. The van der Waals surface area contributed by atoms with Gasteiger partial charge in [0.25, 0.3) is 0 Å². The lowest BCUT2D eigenvalue weighted by Gasteiger charge is -2.12. The molecule has 218 valence electrons. The van der Waals surface area contributed by atoms with Crippen molar-refractivity contribution >= 4 is 83.1 Å². The number of nitrogen functional groups attached to an aromatic ring is 9. The molecule has 0 bridgehead atoms. The Morgan fingerprint density at radius 2 is 1.10 bits per heavy atom. The molecule has 0 aliphatic carbocycles. The molecule has 42 heavy (non-hydrogen) atoms. The Kier molecular flexibility index (Phi) is 7.56. The van der Waals surface area contributed by atoms with Crippen LogP contribution < -0.4 is 97.6 Å². The van der Waals surface area contributed by atoms with Crippen LogP contribution in [-0.4, -0.2) is 51.1 Å². The average molecular weight is 588 g/mol. The van der Waals surface area contributed by atoms with Crippen LogP contribution in [0.4, 0.5) is 77.3 Å². The van der Waals surface area contributed by atoms with E-state index >= 15 is 0 Å². The van der Waals surface area contributed by atoms with Gasteiger partial charge in [0.1, 0.15) is 0 Å². The molecule has 0 fully saturated rings. The number of rotatable bonds is 2. The lowest BCUT2D eigenvalue weighted by Crippen LogP contribution is -2.72. The standard InChI is InChI=1S/C6H9N11.C6H8N10.C3H6N6/c7-1-11-2(8)14-5(13-1)17-6-15-3(9)12-4(10)16-6;7-1-10-4-12-2(8)14-6-15-3(9)13-5(11-1)16(4)6;4-1-7-2(5)9-3(6)8-1/h(H9,7,8,9,10,11,12,13,14,15,16,17);1H,7H2,(H5,8,9,10,11,12,13,14,15);(H6,4,5,6,7,8,9)/p+6. The summed E-state index contributed by atoms with van der Waals surface area (Å²) in [4.78, 5) is 44.8. The minimum Gasteiger partial charge on any atom is -0.368 e. The number of anilines is 13. The largest absolute Gasteiger partial charge is 0.434 e. The Morgan fingerprint density at radius 1 is 0.571 bits per heavy atom. The van der Waals surface area contributed by atoms with Crippen molar-refractivity contribution in [3.05, 3.63) is 0 Å². The third-order valence-electron chi connectivity index (χ3n) is 4.53. The van der Waals surface area contributed by atoms with E-state index in [4.69, 9.17) is 51.6 Å². The highest BCUT2D eigenvalue weighted by atomic mass is 15.4. The number of H-pyrrole nitrogens is 4. The van der Waals surface area contributed by atoms with Crippen molar-refractivity contribution in [3.8, 4) is 0 Å². The lowest BCUT2D eigenvalue weighted by atomic mass is 10.6. The highest BCUT2D eigenvalue weighted by Crippen LogP contribution is 2.08. The van der Waals surface area contributed by atoms with E-state index in [0.29, 0.717) is 23.6 Å². The first-order valence-electron chi connectivity index (χ1n) is 11.3. The van der Waals surface area contributed by atoms with Gasteiger partial charge in [0.05, 0.1) is 0 Å². The summed E-state index contributed by atoms with van der Waals surface area (Å²) >= 11 is 0. The number of nitrogens with two attached hydrogens (primary N) is 9. The van der Waals surface area contributed by atoms with Gasteiger partial charge in [-0.1, -0.05) is 14.4 Å². The molecule has 0 aromatic carbocycles. The molecular weight excluding hydrogens is 558 g/mol. The molecule has 27 heteroatoms. The van der Waals surface area contributed by atoms with Gasteiger partial charge in [-0.3, -0.25) is 11.5 Å². The Bertz CT molecular complexity index is 1550. The molecule has 5 aromatic rings. The highest BCUT2D eigenvalue weighted by molar-refractivity contribution is 5.43. The van der Waals surface area contributed by atoms with Crippen molar-refractivity contribution in [2.75, 3.05) is 67.6 Å². The Labute approximate surface area is 232 Å². The summed E-state index contributed by atoms with van der Waals surface area (Å²) in [5, 5.41) is 8.76. The summed E-state index contributed by atoms with van der Waals surface area (Å²) in [7, 11) is 0. The molecule has 27 nitrogen and oxygen atoms in total. The monoisotopic (exact) mass is 587 g/mol. The van der Waals surface area contributed by atoms with Crippen LogP contribution in [0.3, 0.4) is 0 Å². The smallest absolute Gasteiger partial charge is 0.368 e. The summed E-state index contributed by atoms with van der Waals surface area (Å²) in [6, 6.07) is 0. The number of aromatic amines is 4. The Balaban J connectivity index is 0.000000152. The van der Waals surface area contributed by atoms with Crippen LogP contribution in [0, 0.1) is 0 Å². The van der Waals surface area contributed by atoms with E-state index in [9.17, 15) is 0 Å². The van der Waals surface area contributed by atoms with Crippen molar-refractivity contribution < 1.29 is 30.1 Å².